The molecule has 0 aromatic rings. The fraction of sp³-hybridized carbons (Fsp3) is 0.750. The van der Waals surface area contributed by atoms with Gasteiger partial charge in [-0.1, -0.05) is 6.92 Å². The van der Waals surface area contributed by atoms with E-state index in [-0.39, 0.29) is 18.7 Å². The summed E-state index contributed by atoms with van der Waals surface area (Å²) < 4.78 is 0. The molecule has 1 heterocycles. The van der Waals surface area contributed by atoms with Crippen LogP contribution in [0, 0.1) is 5.41 Å². The highest BCUT2D eigenvalue weighted by Gasteiger charge is 2.36. The lowest BCUT2D eigenvalue weighted by Gasteiger charge is -2.33. The number of aliphatic carboxylic acids is 2. The summed E-state index contributed by atoms with van der Waals surface area (Å²) in [5.41, 5.74) is -0.581. The Morgan fingerprint density at radius 1 is 1.26 bits per heavy atom. The summed E-state index contributed by atoms with van der Waals surface area (Å²) >= 11 is 0. The van der Waals surface area contributed by atoms with Crippen molar-refractivity contribution in [2.75, 3.05) is 13.1 Å². The van der Waals surface area contributed by atoms with Crippen molar-refractivity contribution in [1.82, 2.24) is 10.6 Å². The highest BCUT2D eigenvalue weighted by Crippen LogP contribution is 2.28. The van der Waals surface area contributed by atoms with Crippen molar-refractivity contribution in [1.29, 1.82) is 0 Å². The van der Waals surface area contributed by atoms with Crippen molar-refractivity contribution >= 4 is 17.8 Å². The van der Waals surface area contributed by atoms with Crippen LogP contribution < -0.4 is 10.6 Å². The molecule has 0 spiro atoms. The molecular formula is C12H20N2O5. The number of hydrogen-bond acceptors (Lipinski definition) is 4. The molecule has 108 valence electrons. The maximum Gasteiger partial charge on any atom is 0.326 e. The second kappa shape index (κ2) is 6.51. The van der Waals surface area contributed by atoms with Crippen LogP contribution >= 0.6 is 0 Å². The molecule has 0 bridgehead atoms. The number of carboxylic acid groups (broad SMARTS) is 2. The minimum atomic E-state index is -1.20. The number of carbonyl (C=O) groups excluding carboxylic acids is 1. The number of amides is 1. The molecule has 0 saturated carbocycles. The van der Waals surface area contributed by atoms with Crippen LogP contribution in [-0.4, -0.2) is 47.2 Å². The van der Waals surface area contributed by atoms with Crippen molar-refractivity contribution < 1.29 is 24.6 Å². The van der Waals surface area contributed by atoms with E-state index in [9.17, 15) is 14.4 Å². The third-order valence-corrected chi connectivity index (χ3v) is 3.51. The molecule has 1 saturated heterocycles. The minimum Gasteiger partial charge on any atom is -0.481 e. The summed E-state index contributed by atoms with van der Waals surface area (Å²) in [7, 11) is 0. The molecule has 1 unspecified atom stereocenters. The second-order valence-corrected chi connectivity index (χ2v) is 5.11. The first-order valence-electron chi connectivity index (χ1n) is 6.31. The molecule has 7 heteroatoms. The molecule has 0 aromatic carbocycles. The topological polar surface area (TPSA) is 116 Å². The molecule has 1 aliphatic rings. The Morgan fingerprint density at radius 2 is 1.84 bits per heavy atom. The first-order valence-corrected chi connectivity index (χ1v) is 6.31. The fourth-order valence-corrected chi connectivity index (χ4v) is 2.06. The molecular weight excluding hydrogens is 252 g/mol. The molecule has 4 N–H and O–H groups in total. The van der Waals surface area contributed by atoms with E-state index >= 15 is 0 Å². The average Bonchev–Trinajstić information content (AvgIpc) is 2.34. The van der Waals surface area contributed by atoms with Crippen LogP contribution in [0.15, 0.2) is 0 Å². The first-order chi connectivity index (χ1) is 8.85. The lowest BCUT2D eigenvalue weighted by atomic mass is 9.80. The fourth-order valence-electron chi connectivity index (χ4n) is 2.06. The van der Waals surface area contributed by atoms with Gasteiger partial charge in [0.15, 0.2) is 0 Å². The lowest BCUT2D eigenvalue weighted by molar-refractivity contribution is -0.145. The van der Waals surface area contributed by atoms with Crippen LogP contribution in [0.25, 0.3) is 0 Å². The molecule has 1 rings (SSSR count). The van der Waals surface area contributed by atoms with Crippen molar-refractivity contribution in [2.24, 2.45) is 5.41 Å². The number of piperidine rings is 1. The summed E-state index contributed by atoms with van der Waals surface area (Å²) in [6, 6.07) is -1.14. The first kappa shape index (κ1) is 15.4. The summed E-state index contributed by atoms with van der Waals surface area (Å²) in [6.45, 7) is 3.24. The van der Waals surface area contributed by atoms with Crippen LogP contribution in [0.3, 0.4) is 0 Å². The van der Waals surface area contributed by atoms with E-state index in [2.05, 4.69) is 10.6 Å². The van der Waals surface area contributed by atoms with E-state index in [0.717, 1.165) is 13.1 Å². The van der Waals surface area contributed by atoms with Gasteiger partial charge in [0.05, 0.1) is 0 Å². The minimum absolute atomic E-state index is 0.106. The van der Waals surface area contributed by atoms with Crippen LogP contribution in [0.4, 0.5) is 0 Å². The standard InChI is InChI=1S/C12H20N2O5/c1-12(4-6-13-7-5-12)11(19)14-8(10(17)18)2-3-9(15)16/h8,13H,2-7H2,1H3,(H,14,19)(H,15,16)(H,17,18). The molecule has 0 aromatic heterocycles. The van der Waals surface area contributed by atoms with Gasteiger partial charge < -0.3 is 20.8 Å². The summed E-state index contributed by atoms with van der Waals surface area (Å²) in [4.78, 5) is 33.6. The third-order valence-electron chi connectivity index (χ3n) is 3.51. The van der Waals surface area contributed by atoms with Crippen LogP contribution in [0.1, 0.15) is 32.6 Å². The van der Waals surface area contributed by atoms with Gasteiger partial charge in [0.1, 0.15) is 6.04 Å². The van der Waals surface area contributed by atoms with Crippen LogP contribution in [0.2, 0.25) is 0 Å². The number of rotatable bonds is 6. The maximum atomic E-state index is 12.1. The SMILES string of the molecule is CC1(C(=O)NC(CCC(=O)O)C(=O)O)CCNCC1. The Morgan fingerprint density at radius 3 is 2.32 bits per heavy atom. The van der Waals surface area contributed by atoms with Gasteiger partial charge in [-0.15, -0.1) is 0 Å². The van der Waals surface area contributed by atoms with Crippen LogP contribution in [0.5, 0.6) is 0 Å². The predicted molar refractivity (Wildman–Crippen MR) is 66.6 cm³/mol. The summed E-state index contributed by atoms with van der Waals surface area (Å²) in [5.74, 6) is -2.59. The quantitative estimate of drug-likeness (QED) is 0.532. The normalized spacial score (nSPS) is 19.4. The van der Waals surface area contributed by atoms with Crippen molar-refractivity contribution in [2.45, 2.75) is 38.6 Å². The van der Waals surface area contributed by atoms with E-state index in [1.54, 1.807) is 6.92 Å². The average molecular weight is 272 g/mol. The highest BCUT2D eigenvalue weighted by atomic mass is 16.4. The van der Waals surface area contributed by atoms with Crippen molar-refractivity contribution in [3.63, 3.8) is 0 Å². The molecule has 0 radical (unpaired) electrons. The predicted octanol–water partition coefficient (Wildman–Crippen LogP) is -0.190. The highest BCUT2D eigenvalue weighted by molar-refractivity contribution is 5.87. The molecule has 1 aliphatic heterocycles. The Bertz CT molecular complexity index is 363. The van der Waals surface area contributed by atoms with Crippen LogP contribution in [-0.2, 0) is 14.4 Å². The van der Waals surface area contributed by atoms with Gasteiger partial charge in [-0.2, -0.15) is 0 Å². The number of hydrogen-bond donors (Lipinski definition) is 4. The van der Waals surface area contributed by atoms with Gasteiger partial charge in [0.2, 0.25) is 5.91 Å². The van der Waals surface area contributed by atoms with Crippen molar-refractivity contribution in [3.05, 3.63) is 0 Å². The zero-order valence-corrected chi connectivity index (χ0v) is 10.9. The Balaban J connectivity index is 2.59. The van der Waals surface area contributed by atoms with Gasteiger partial charge in [0, 0.05) is 11.8 Å². The maximum absolute atomic E-state index is 12.1. The number of nitrogens with one attached hydrogen (secondary N) is 2. The summed E-state index contributed by atoms with van der Waals surface area (Å²) in [5, 5.41) is 23.2. The van der Waals surface area contributed by atoms with Gasteiger partial charge >= 0.3 is 11.9 Å². The molecule has 7 nitrogen and oxygen atoms in total. The lowest BCUT2D eigenvalue weighted by Crippen LogP contribution is -2.51. The van der Waals surface area contributed by atoms with E-state index in [0.29, 0.717) is 12.8 Å². The molecule has 19 heavy (non-hydrogen) atoms. The monoisotopic (exact) mass is 272 g/mol. The molecule has 1 fully saturated rings. The zero-order chi connectivity index (χ0) is 14.5. The Hall–Kier alpha value is -1.63. The van der Waals surface area contributed by atoms with E-state index in [4.69, 9.17) is 10.2 Å². The number of carboxylic acids is 2. The van der Waals surface area contributed by atoms with Gasteiger partial charge in [-0.25, -0.2) is 4.79 Å². The Labute approximate surface area is 111 Å². The zero-order valence-electron chi connectivity index (χ0n) is 10.9. The molecule has 1 atom stereocenters. The van der Waals surface area contributed by atoms with Gasteiger partial charge in [-0.05, 0) is 32.4 Å². The van der Waals surface area contributed by atoms with E-state index in [1.807, 2.05) is 0 Å². The molecule has 0 aliphatic carbocycles. The van der Waals surface area contributed by atoms with E-state index in [1.165, 1.54) is 0 Å². The molecule has 1 amide bonds. The Kier molecular flexibility index (Phi) is 5.29. The summed E-state index contributed by atoms with van der Waals surface area (Å²) in [6.07, 6.45) is 0.897. The smallest absolute Gasteiger partial charge is 0.326 e. The second-order valence-electron chi connectivity index (χ2n) is 5.11. The van der Waals surface area contributed by atoms with E-state index < -0.39 is 23.4 Å². The van der Waals surface area contributed by atoms with Gasteiger partial charge in [0.25, 0.3) is 0 Å². The number of carbonyl (C=O) groups is 3. The third kappa shape index (κ3) is 4.51. The largest absolute Gasteiger partial charge is 0.481 e. The van der Waals surface area contributed by atoms with Gasteiger partial charge in [-0.3, -0.25) is 9.59 Å². The van der Waals surface area contributed by atoms with Crippen molar-refractivity contribution in [3.8, 4) is 0 Å².